The second-order valence-electron chi connectivity index (χ2n) is 4.65. The van der Waals surface area contributed by atoms with E-state index in [1.165, 1.54) is 5.69 Å². The van der Waals surface area contributed by atoms with Crippen LogP contribution in [-0.4, -0.2) is 16.3 Å². The SMILES string of the molecule is CC(C)c1cc(CCN)nn1-c1cccc(Cl)c1. The van der Waals surface area contributed by atoms with E-state index in [9.17, 15) is 0 Å². The smallest absolute Gasteiger partial charge is 0.0663 e. The summed E-state index contributed by atoms with van der Waals surface area (Å²) in [6, 6.07) is 9.86. The Morgan fingerprint density at radius 2 is 2.11 bits per heavy atom. The molecule has 0 saturated carbocycles. The van der Waals surface area contributed by atoms with Crippen LogP contribution in [-0.2, 0) is 6.42 Å². The molecule has 1 aromatic carbocycles. The normalized spacial score (nSPS) is 11.2. The molecule has 2 N–H and O–H groups in total. The molecule has 0 atom stereocenters. The molecular weight excluding hydrogens is 246 g/mol. The molecule has 1 heterocycles. The van der Waals surface area contributed by atoms with Gasteiger partial charge in [0.15, 0.2) is 0 Å². The molecule has 0 bridgehead atoms. The topological polar surface area (TPSA) is 43.8 Å². The van der Waals surface area contributed by atoms with Gasteiger partial charge in [-0.2, -0.15) is 5.10 Å². The van der Waals surface area contributed by atoms with E-state index in [1.54, 1.807) is 0 Å². The van der Waals surface area contributed by atoms with Crippen molar-refractivity contribution in [1.82, 2.24) is 9.78 Å². The van der Waals surface area contributed by atoms with Crippen LogP contribution in [0.1, 0.15) is 31.2 Å². The summed E-state index contributed by atoms with van der Waals surface area (Å²) in [6.45, 7) is 4.93. The molecule has 2 aromatic rings. The second-order valence-corrected chi connectivity index (χ2v) is 5.08. The van der Waals surface area contributed by atoms with Gasteiger partial charge >= 0.3 is 0 Å². The van der Waals surface area contributed by atoms with E-state index in [4.69, 9.17) is 17.3 Å². The van der Waals surface area contributed by atoms with Crippen LogP contribution in [0.25, 0.3) is 5.69 Å². The minimum absolute atomic E-state index is 0.406. The third-order valence-corrected chi connectivity index (χ3v) is 3.07. The molecule has 0 aliphatic rings. The Hall–Kier alpha value is -1.32. The van der Waals surface area contributed by atoms with Gasteiger partial charge in [-0.25, -0.2) is 4.68 Å². The lowest BCUT2D eigenvalue weighted by molar-refractivity contribution is 0.726. The summed E-state index contributed by atoms with van der Waals surface area (Å²) in [7, 11) is 0. The van der Waals surface area contributed by atoms with E-state index in [0.717, 1.165) is 22.8 Å². The fraction of sp³-hybridized carbons (Fsp3) is 0.357. The molecule has 0 spiro atoms. The average Bonchev–Trinajstić information content (AvgIpc) is 2.74. The molecule has 2 rings (SSSR count). The minimum Gasteiger partial charge on any atom is -0.330 e. The fourth-order valence-corrected chi connectivity index (χ4v) is 2.13. The van der Waals surface area contributed by atoms with Crippen molar-refractivity contribution in [3.05, 3.63) is 46.7 Å². The molecule has 4 heteroatoms. The van der Waals surface area contributed by atoms with E-state index < -0.39 is 0 Å². The number of rotatable bonds is 4. The molecule has 0 unspecified atom stereocenters. The maximum atomic E-state index is 6.03. The highest BCUT2D eigenvalue weighted by atomic mass is 35.5. The Kier molecular flexibility index (Phi) is 4.04. The zero-order chi connectivity index (χ0) is 13.1. The molecule has 0 aliphatic heterocycles. The first kappa shape index (κ1) is 13.1. The van der Waals surface area contributed by atoms with Crippen LogP contribution in [0.4, 0.5) is 0 Å². The maximum absolute atomic E-state index is 6.03. The van der Waals surface area contributed by atoms with E-state index in [-0.39, 0.29) is 0 Å². The summed E-state index contributed by atoms with van der Waals surface area (Å²) >= 11 is 6.03. The number of nitrogens with two attached hydrogens (primary N) is 1. The Balaban J connectivity index is 2.48. The molecule has 0 aliphatic carbocycles. The zero-order valence-electron chi connectivity index (χ0n) is 10.7. The summed E-state index contributed by atoms with van der Waals surface area (Å²) in [5.74, 6) is 0.406. The lowest BCUT2D eigenvalue weighted by Gasteiger charge is -2.10. The summed E-state index contributed by atoms with van der Waals surface area (Å²) in [5, 5.41) is 5.33. The lowest BCUT2D eigenvalue weighted by Crippen LogP contribution is -2.05. The van der Waals surface area contributed by atoms with Gasteiger partial charge in [-0.3, -0.25) is 0 Å². The Labute approximate surface area is 113 Å². The molecule has 0 amide bonds. The van der Waals surface area contributed by atoms with Crippen molar-refractivity contribution in [3.8, 4) is 5.69 Å². The first-order chi connectivity index (χ1) is 8.61. The van der Waals surface area contributed by atoms with Gasteiger partial charge in [-0.05, 0) is 36.7 Å². The van der Waals surface area contributed by atoms with Crippen molar-refractivity contribution in [2.24, 2.45) is 5.73 Å². The van der Waals surface area contributed by atoms with Gasteiger partial charge in [-0.1, -0.05) is 31.5 Å². The molecular formula is C14H18ClN3. The highest BCUT2D eigenvalue weighted by molar-refractivity contribution is 6.30. The molecule has 0 fully saturated rings. The monoisotopic (exact) mass is 263 g/mol. The molecule has 1 aromatic heterocycles. The van der Waals surface area contributed by atoms with Crippen molar-refractivity contribution < 1.29 is 0 Å². The van der Waals surface area contributed by atoms with Crippen LogP contribution >= 0.6 is 11.6 Å². The van der Waals surface area contributed by atoms with Crippen molar-refractivity contribution in [2.45, 2.75) is 26.2 Å². The molecule has 0 saturated heterocycles. The van der Waals surface area contributed by atoms with Gasteiger partial charge in [-0.15, -0.1) is 0 Å². The van der Waals surface area contributed by atoms with Gasteiger partial charge in [0.2, 0.25) is 0 Å². The van der Waals surface area contributed by atoms with Crippen molar-refractivity contribution in [3.63, 3.8) is 0 Å². The van der Waals surface area contributed by atoms with Crippen LogP contribution in [0, 0.1) is 0 Å². The van der Waals surface area contributed by atoms with Crippen molar-refractivity contribution in [2.75, 3.05) is 6.54 Å². The molecule has 3 nitrogen and oxygen atoms in total. The molecule has 18 heavy (non-hydrogen) atoms. The van der Waals surface area contributed by atoms with Crippen LogP contribution in [0.3, 0.4) is 0 Å². The van der Waals surface area contributed by atoms with Crippen LogP contribution in [0.2, 0.25) is 5.02 Å². The van der Waals surface area contributed by atoms with E-state index in [2.05, 4.69) is 25.0 Å². The third kappa shape index (κ3) is 2.74. The van der Waals surface area contributed by atoms with Crippen LogP contribution in [0.5, 0.6) is 0 Å². The number of hydrogen-bond donors (Lipinski definition) is 1. The fourth-order valence-electron chi connectivity index (χ4n) is 1.94. The van der Waals surface area contributed by atoms with E-state index in [1.807, 2.05) is 28.9 Å². The highest BCUT2D eigenvalue weighted by Gasteiger charge is 2.12. The van der Waals surface area contributed by atoms with Gasteiger partial charge in [0.05, 0.1) is 11.4 Å². The van der Waals surface area contributed by atoms with Gasteiger partial charge in [0.25, 0.3) is 0 Å². The van der Waals surface area contributed by atoms with Crippen LogP contribution < -0.4 is 5.73 Å². The first-order valence-electron chi connectivity index (χ1n) is 6.16. The largest absolute Gasteiger partial charge is 0.330 e. The quantitative estimate of drug-likeness (QED) is 0.921. The zero-order valence-corrected chi connectivity index (χ0v) is 11.5. The Morgan fingerprint density at radius 3 is 2.72 bits per heavy atom. The molecule has 96 valence electrons. The van der Waals surface area contributed by atoms with Gasteiger partial charge in [0, 0.05) is 17.1 Å². The summed E-state index contributed by atoms with van der Waals surface area (Å²) < 4.78 is 1.96. The van der Waals surface area contributed by atoms with E-state index in [0.29, 0.717) is 12.5 Å². The van der Waals surface area contributed by atoms with Gasteiger partial charge < -0.3 is 5.73 Å². The lowest BCUT2D eigenvalue weighted by atomic mass is 10.1. The predicted molar refractivity (Wildman–Crippen MR) is 75.4 cm³/mol. The number of nitrogens with zero attached hydrogens (tertiary/aromatic N) is 2. The number of halogens is 1. The highest BCUT2D eigenvalue weighted by Crippen LogP contribution is 2.22. The summed E-state index contributed by atoms with van der Waals surface area (Å²) in [6.07, 6.45) is 0.799. The summed E-state index contributed by atoms with van der Waals surface area (Å²) in [5.41, 5.74) is 8.79. The maximum Gasteiger partial charge on any atom is 0.0663 e. The Morgan fingerprint density at radius 1 is 1.33 bits per heavy atom. The van der Waals surface area contributed by atoms with Crippen molar-refractivity contribution in [1.29, 1.82) is 0 Å². The van der Waals surface area contributed by atoms with Gasteiger partial charge in [0.1, 0.15) is 0 Å². The second kappa shape index (κ2) is 5.55. The third-order valence-electron chi connectivity index (χ3n) is 2.83. The molecule has 0 radical (unpaired) electrons. The average molecular weight is 264 g/mol. The van der Waals surface area contributed by atoms with E-state index >= 15 is 0 Å². The number of aromatic nitrogens is 2. The van der Waals surface area contributed by atoms with Crippen LogP contribution in [0.15, 0.2) is 30.3 Å². The van der Waals surface area contributed by atoms with Crippen molar-refractivity contribution >= 4 is 11.6 Å². The standard InChI is InChI=1S/C14H18ClN3/c1-10(2)14-9-12(6-7-16)17-18(14)13-5-3-4-11(15)8-13/h3-5,8-10H,6-7,16H2,1-2H3. The first-order valence-corrected chi connectivity index (χ1v) is 6.54. The number of hydrogen-bond acceptors (Lipinski definition) is 2. The predicted octanol–water partition coefficient (Wildman–Crippen LogP) is 3.15. The summed E-state index contributed by atoms with van der Waals surface area (Å²) in [4.78, 5) is 0. The number of benzene rings is 1. The Bertz CT molecular complexity index is 532. The minimum atomic E-state index is 0.406.